The average molecular weight is 282 g/mol. The molecule has 17 heavy (non-hydrogen) atoms. The van der Waals surface area contributed by atoms with Crippen LogP contribution in [-0.4, -0.2) is 43.2 Å². The van der Waals surface area contributed by atoms with Gasteiger partial charge in [0.1, 0.15) is 0 Å². The fourth-order valence-electron chi connectivity index (χ4n) is 0.972. The topological polar surface area (TPSA) is 102 Å². The molecule has 0 saturated heterocycles. The highest BCUT2D eigenvalue weighted by molar-refractivity contribution is 7.90. The highest BCUT2D eigenvalue weighted by atomic mass is 35.5. The average Bonchev–Trinajstić information content (AvgIpc) is 2.66. The van der Waals surface area contributed by atoms with Crippen LogP contribution in [0, 0.1) is 0 Å². The van der Waals surface area contributed by atoms with E-state index in [4.69, 9.17) is 16.0 Å². The second kappa shape index (κ2) is 5.97. The minimum atomic E-state index is -3.48. The lowest BCUT2D eigenvalue weighted by Gasteiger charge is -2.00. The van der Waals surface area contributed by atoms with Gasteiger partial charge in [-0.15, -0.1) is 16.7 Å². The van der Waals surface area contributed by atoms with Crippen LogP contribution in [0.4, 0.5) is 0 Å². The summed E-state index contributed by atoms with van der Waals surface area (Å²) in [4.78, 5) is 11.0. The number of alkyl halides is 1. The Labute approximate surface area is 103 Å². The number of aromatic nitrogens is 2. The van der Waals surface area contributed by atoms with Gasteiger partial charge >= 0.3 is 5.22 Å². The fraction of sp³-hybridized carbons (Fsp3) is 0.625. The van der Waals surface area contributed by atoms with Crippen LogP contribution in [0.15, 0.2) is 9.64 Å². The zero-order valence-corrected chi connectivity index (χ0v) is 10.7. The van der Waals surface area contributed by atoms with Crippen molar-refractivity contribution in [3.05, 3.63) is 5.89 Å². The van der Waals surface area contributed by atoms with E-state index in [2.05, 4.69) is 15.5 Å². The summed E-state index contributed by atoms with van der Waals surface area (Å²) in [7, 11) is -3.48. The Morgan fingerprint density at radius 2 is 2.18 bits per heavy atom. The van der Waals surface area contributed by atoms with E-state index in [0.29, 0.717) is 6.54 Å². The Hall–Kier alpha value is -1.15. The molecule has 0 atom stereocenters. The molecule has 9 heteroatoms. The van der Waals surface area contributed by atoms with E-state index >= 15 is 0 Å². The lowest BCUT2D eigenvalue weighted by Crippen LogP contribution is -2.25. The third kappa shape index (κ3) is 4.70. The number of hydrogen-bond acceptors (Lipinski definition) is 6. The predicted molar refractivity (Wildman–Crippen MR) is 59.5 cm³/mol. The van der Waals surface area contributed by atoms with Crippen LogP contribution < -0.4 is 5.32 Å². The third-order valence-electron chi connectivity index (χ3n) is 1.75. The number of amides is 1. The number of hydrogen-bond donors (Lipinski definition) is 1. The van der Waals surface area contributed by atoms with E-state index in [1.165, 1.54) is 0 Å². The van der Waals surface area contributed by atoms with E-state index in [-0.39, 0.29) is 30.5 Å². The van der Waals surface area contributed by atoms with Gasteiger partial charge in [-0.3, -0.25) is 4.79 Å². The molecule has 0 aliphatic carbocycles. The summed E-state index contributed by atoms with van der Waals surface area (Å²) in [6, 6.07) is 0. The molecule has 1 aromatic heterocycles. The standard InChI is InChI=1S/C8H12ClN3O4S/c1-17(14,15)8-12-11-7(16-8)3-5-10-6(13)2-4-9/h2-5H2,1H3,(H,10,13). The number of carbonyl (C=O) groups excluding carboxylic acids is 1. The molecule has 0 bridgehead atoms. The summed E-state index contributed by atoms with van der Waals surface area (Å²) in [6.07, 6.45) is 1.49. The van der Waals surface area contributed by atoms with E-state index in [1.807, 2.05) is 0 Å². The van der Waals surface area contributed by atoms with E-state index in [0.717, 1.165) is 6.26 Å². The number of halogens is 1. The third-order valence-corrected chi connectivity index (χ3v) is 2.74. The van der Waals surface area contributed by atoms with Crippen molar-refractivity contribution in [1.82, 2.24) is 15.5 Å². The SMILES string of the molecule is CS(=O)(=O)c1nnc(CCNC(=O)CCCl)o1. The van der Waals surface area contributed by atoms with Crippen molar-refractivity contribution in [2.45, 2.75) is 18.1 Å². The molecule has 1 rings (SSSR count). The highest BCUT2D eigenvalue weighted by Gasteiger charge is 2.16. The number of carbonyl (C=O) groups is 1. The van der Waals surface area contributed by atoms with Crippen LogP contribution >= 0.6 is 11.6 Å². The monoisotopic (exact) mass is 281 g/mol. The lowest BCUT2D eigenvalue weighted by molar-refractivity contribution is -0.120. The van der Waals surface area contributed by atoms with Crippen LogP contribution in [-0.2, 0) is 21.1 Å². The maximum atomic E-state index is 11.0. The number of nitrogens with zero attached hydrogens (tertiary/aromatic N) is 2. The Bertz CT molecular complexity index is 485. The molecule has 0 aliphatic heterocycles. The van der Waals surface area contributed by atoms with Crippen LogP contribution in [0.1, 0.15) is 12.3 Å². The first kappa shape index (κ1) is 13.9. The predicted octanol–water partition coefficient (Wildman–Crippen LogP) is -0.239. The van der Waals surface area contributed by atoms with Gasteiger partial charge in [0.25, 0.3) is 0 Å². The van der Waals surface area contributed by atoms with Gasteiger partial charge in [0.15, 0.2) is 0 Å². The number of rotatable bonds is 6. The molecule has 0 saturated carbocycles. The molecule has 1 aromatic rings. The maximum absolute atomic E-state index is 11.0. The lowest BCUT2D eigenvalue weighted by atomic mass is 10.4. The van der Waals surface area contributed by atoms with Gasteiger partial charge < -0.3 is 9.73 Å². The summed E-state index contributed by atoms with van der Waals surface area (Å²) in [6.45, 7) is 0.293. The van der Waals surface area contributed by atoms with Gasteiger partial charge in [0, 0.05) is 31.5 Å². The number of nitrogens with one attached hydrogen (secondary N) is 1. The smallest absolute Gasteiger partial charge is 0.335 e. The van der Waals surface area contributed by atoms with Crippen molar-refractivity contribution in [3.8, 4) is 0 Å². The van der Waals surface area contributed by atoms with E-state index < -0.39 is 15.1 Å². The van der Waals surface area contributed by atoms with Crippen molar-refractivity contribution >= 4 is 27.3 Å². The molecule has 1 amide bonds. The second-order valence-electron chi connectivity index (χ2n) is 3.27. The Morgan fingerprint density at radius 3 is 2.71 bits per heavy atom. The van der Waals surface area contributed by atoms with Crippen molar-refractivity contribution < 1.29 is 17.6 Å². The van der Waals surface area contributed by atoms with Gasteiger partial charge in [0.05, 0.1) is 0 Å². The van der Waals surface area contributed by atoms with Gasteiger partial charge in [-0.25, -0.2) is 8.42 Å². The summed E-state index contributed by atoms with van der Waals surface area (Å²) < 4.78 is 27.0. The molecule has 0 spiro atoms. The summed E-state index contributed by atoms with van der Waals surface area (Å²) in [5, 5.41) is 9.10. The largest absolute Gasteiger partial charge is 0.412 e. The second-order valence-corrected chi connectivity index (χ2v) is 5.54. The number of sulfone groups is 1. The highest BCUT2D eigenvalue weighted by Crippen LogP contribution is 2.06. The molecule has 0 aromatic carbocycles. The quantitative estimate of drug-likeness (QED) is 0.722. The Kier molecular flexibility index (Phi) is 4.88. The summed E-state index contributed by atoms with van der Waals surface area (Å²) in [5.41, 5.74) is 0. The molecular weight excluding hydrogens is 270 g/mol. The minimum Gasteiger partial charge on any atom is -0.412 e. The molecule has 0 radical (unpaired) electrons. The van der Waals surface area contributed by atoms with Crippen molar-refractivity contribution in [3.63, 3.8) is 0 Å². The molecule has 0 aliphatic rings. The van der Waals surface area contributed by atoms with Crippen LogP contribution in [0.2, 0.25) is 0 Å². The summed E-state index contributed by atoms with van der Waals surface area (Å²) in [5.74, 6) is 0.240. The zero-order valence-electron chi connectivity index (χ0n) is 9.14. The van der Waals surface area contributed by atoms with Crippen LogP contribution in [0.25, 0.3) is 0 Å². The molecule has 7 nitrogen and oxygen atoms in total. The van der Waals surface area contributed by atoms with E-state index in [1.54, 1.807) is 0 Å². The van der Waals surface area contributed by atoms with Crippen molar-refractivity contribution in [2.24, 2.45) is 0 Å². The minimum absolute atomic E-state index is 0.164. The Morgan fingerprint density at radius 1 is 1.47 bits per heavy atom. The van der Waals surface area contributed by atoms with Crippen LogP contribution in [0.5, 0.6) is 0 Å². The van der Waals surface area contributed by atoms with Gasteiger partial charge in [0.2, 0.25) is 21.6 Å². The first-order valence-electron chi connectivity index (χ1n) is 4.78. The van der Waals surface area contributed by atoms with Gasteiger partial charge in [-0.05, 0) is 0 Å². The van der Waals surface area contributed by atoms with Crippen LogP contribution in [0.3, 0.4) is 0 Å². The molecular formula is C8H12ClN3O4S. The van der Waals surface area contributed by atoms with Gasteiger partial charge in [-0.1, -0.05) is 5.10 Å². The van der Waals surface area contributed by atoms with Gasteiger partial charge in [-0.2, -0.15) is 0 Å². The molecule has 1 heterocycles. The molecule has 96 valence electrons. The molecule has 1 N–H and O–H groups in total. The first-order valence-corrected chi connectivity index (χ1v) is 7.21. The fourth-order valence-corrected chi connectivity index (χ4v) is 1.58. The van der Waals surface area contributed by atoms with E-state index in [9.17, 15) is 13.2 Å². The molecule has 0 unspecified atom stereocenters. The van der Waals surface area contributed by atoms with Crippen molar-refractivity contribution in [2.75, 3.05) is 18.7 Å². The molecule has 0 fully saturated rings. The Balaban J connectivity index is 2.43. The van der Waals surface area contributed by atoms with Crippen molar-refractivity contribution in [1.29, 1.82) is 0 Å². The zero-order chi connectivity index (χ0) is 12.9. The first-order chi connectivity index (χ1) is 7.93. The normalized spacial score (nSPS) is 11.4. The maximum Gasteiger partial charge on any atom is 0.335 e. The summed E-state index contributed by atoms with van der Waals surface area (Å²) >= 11 is 5.38.